The molecule has 0 amide bonds. The maximum atomic E-state index is 5.69. The van der Waals surface area contributed by atoms with Gasteiger partial charge < -0.3 is 14.2 Å². The minimum atomic E-state index is -0.303. The molecule has 1 saturated heterocycles. The van der Waals surface area contributed by atoms with Gasteiger partial charge in [-0.25, -0.2) is 0 Å². The first-order chi connectivity index (χ1) is 8.78. The summed E-state index contributed by atoms with van der Waals surface area (Å²) < 4.78 is 16.9. The molecule has 1 aromatic rings. The molecule has 98 valence electrons. The van der Waals surface area contributed by atoms with E-state index in [4.69, 9.17) is 14.2 Å². The first-order valence-corrected chi connectivity index (χ1v) is 6.44. The molecule has 2 rings (SSSR count). The van der Waals surface area contributed by atoms with Gasteiger partial charge in [0.15, 0.2) is 12.6 Å². The zero-order valence-corrected chi connectivity index (χ0v) is 10.8. The van der Waals surface area contributed by atoms with Crippen molar-refractivity contribution < 1.29 is 14.2 Å². The lowest BCUT2D eigenvalue weighted by Gasteiger charge is -2.26. The Morgan fingerprint density at radius 2 is 2.11 bits per heavy atom. The van der Waals surface area contributed by atoms with Gasteiger partial charge in [-0.15, -0.1) is 0 Å². The number of rotatable bonds is 5. The van der Waals surface area contributed by atoms with Crippen LogP contribution in [0.4, 0.5) is 0 Å². The van der Waals surface area contributed by atoms with Gasteiger partial charge in [0.1, 0.15) is 5.75 Å². The normalized spacial score (nSPS) is 21.3. The summed E-state index contributed by atoms with van der Waals surface area (Å²) in [7, 11) is 0. The van der Waals surface area contributed by atoms with E-state index in [1.54, 1.807) is 6.08 Å². The van der Waals surface area contributed by atoms with Crippen LogP contribution in [0.5, 0.6) is 5.75 Å². The number of hydrogen-bond acceptors (Lipinski definition) is 3. The Kier molecular flexibility index (Phi) is 4.79. The maximum Gasteiger partial charge on any atom is 0.199 e. The van der Waals surface area contributed by atoms with E-state index in [2.05, 4.69) is 6.58 Å². The van der Waals surface area contributed by atoms with Crippen molar-refractivity contribution in [3.05, 3.63) is 36.4 Å². The van der Waals surface area contributed by atoms with Crippen LogP contribution in [0.2, 0.25) is 0 Å². The fourth-order valence-corrected chi connectivity index (χ4v) is 1.93. The van der Waals surface area contributed by atoms with Crippen molar-refractivity contribution in [3.8, 4) is 5.75 Å². The number of ether oxygens (including phenoxy) is 3. The molecular formula is C15H20O3. The molecule has 1 aromatic carbocycles. The minimum absolute atomic E-state index is 0.124. The van der Waals surface area contributed by atoms with Crippen LogP contribution >= 0.6 is 0 Å². The van der Waals surface area contributed by atoms with Gasteiger partial charge in [-0.3, -0.25) is 0 Å². The highest BCUT2D eigenvalue weighted by atomic mass is 16.8. The lowest BCUT2D eigenvalue weighted by Crippen LogP contribution is -2.29. The van der Waals surface area contributed by atoms with Crippen molar-refractivity contribution in [2.75, 3.05) is 6.61 Å². The summed E-state index contributed by atoms with van der Waals surface area (Å²) >= 11 is 0. The van der Waals surface area contributed by atoms with E-state index in [0.29, 0.717) is 0 Å². The van der Waals surface area contributed by atoms with Gasteiger partial charge in [0.2, 0.25) is 0 Å². The van der Waals surface area contributed by atoms with Gasteiger partial charge in [-0.1, -0.05) is 24.8 Å². The molecule has 0 aromatic heterocycles. The molecule has 0 radical (unpaired) electrons. The van der Waals surface area contributed by atoms with Gasteiger partial charge in [0, 0.05) is 6.61 Å². The molecule has 0 spiro atoms. The van der Waals surface area contributed by atoms with E-state index in [9.17, 15) is 0 Å². The Labute approximate surface area is 108 Å². The summed E-state index contributed by atoms with van der Waals surface area (Å²) in [6, 6.07) is 7.76. The molecule has 1 fully saturated rings. The van der Waals surface area contributed by atoms with E-state index < -0.39 is 0 Å². The minimum Gasteiger partial charge on any atom is -0.465 e. The van der Waals surface area contributed by atoms with Crippen LogP contribution in [0.15, 0.2) is 30.8 Å². The van der Waals surface area contributed by atoms with Crippen molar-refractivity contribution in [2.24, 2.45) is 0 Å². The van der Waals surface area contributed by atoms with E-state index in [-0.39, 0.29) is 12.6 Å². The van der Waals surface area contributed by atoms with Crippen molar-refractivity contribution in [1.82, 2.24) is 0 Å². The number of hydrogen-bond donors (Lipinski definition) is 0. The average molecular weight is 248 g/mol. The van der Waals surface area contributed by atoms with Crippen LogP contribution in [0.3, 0.4) is 0 Å². The van der Waals surface area contributed by atoms with Crippen LogP contribution in [-0.4, -0.2) is 19.2 Å². The van der Waals surface area contributed by atoms with Crippen molar-refractivity contribution >= 4 is 6.08 Å². The summed E-state index contributed by atoms with van der Waals surface area (Å²) in [4.78, 5) is 0. The first-order valence-electron chi connectivity index (χ1n) is 6.44. The molecule has 1 aliphatic heterocycles. The Bertz CT molecular complexity index is 366. The Morgan fingerprint density at radius 1 is 1.33 bits per heavy atom. The molecule has 0 aliphatic carbocycles. The summed E-state index contributed by atoms with van der Waals surface area (Å²) in [5.41, 5.74) is 1.08. The number of benzene rings is 1. The van der Waals surface area contributed by atoms with Crippen LogP contribution in [0.25, 0.3) is 6.08 Å². The highest BCUT2D eigenvalue weighted by molar-refractivity contribution is 5.48. The Hall–Kier alpha value is -1.32. The van der Waals surface area contributed by atoms with E-state index in [1.165, 1.54) is 0 Å². The first kappa shape index (κ1) is 13.1. The van der Waals surface area contributed by atoms with E-state index in [0.717, 1.165) is 37.2 Å². The monoisotopic (exact) mass is 248 g/mol. The molecule has 2 unspecified atom stereocenters. The summed E-state index contributed by atoms with van der Waals surface area (Å²) in [5.74, 6) is 0.795. The predicted octanol–water partition coefficient (Wildman–Crippen LogP) is 3.60. The van der Waals surface area contributed by atoms with Crippen LogP contribution < -0.4 is 4.74 Å². The molecule has 18 heavy (non-hydrogen) atoms. The van der Waals surface area contributed by atoms with E-state index >= 15 is 0 Å². The topological polar surface area (TPSA) is 27.7 Å². The largest absolute Gasteiger partial charge is 0.465 e. The third-order valence-electron chi connectivity index (χ3n) is 2.90. The molecule has 1 heterocycles. The Morgan fingerprint density at radius 3 is 2.72 bits per heavy atom. The SMILES string of the molecule is C=Cc1ccc(OC(C)OC2CCCCO2)cc1. The molecule has 2 atom stereocenters. The van der Waals surface area contributed by atoms with Gasteiger partial charge in [0.05, 0.1) is 0 Å². The average Bonchev–Trinajstić information content (AvgIpc) is 2.40. The fourth-order valence-electron chi connectivity index (χ4n) is 1.93. The van der Waals surface area contributed by atoms with Crippen molar-refractivity contribution in [1.29, 1.82) is 0 Å². The zero-order valence-electron chi connectivity index (χ0n) is 10.8. The quantitative estimate of drug-likeness (QED) is 0.745. The lowest BCUT2D eigenvalue weighted by molar-refractivity contribution is -0.225. The lowest BCUT2D eigenvalue weighted by atomic mass is 10.2. The third-order valence-corrected chi connectivity index (χ3v) is 2.90. The zero-order chi connectivity index (χ0) is 12.8. The van der Waals surface area contributed by atoms with Crippen LogP contribution in [-0.2, 0) is 9.47 Å². The van der Waals surface area contributed by atoms with Crippen LogP contribution in [0.1, 0.15) is 31.7 Å². The molecular weight excluding hydrogens is 228 g/mol. The molecule has 3 heteroatoms. The molecule has 0 N–H and O–H groups in total. The Balaban J connectivity index is 1.81. The molecule has 3 nitrogen and oxygen atoms in total. The molecule has 0 saturated carbocycles. The van der Waals surface area contributed by atoms with Gasteiger partial charge in [-0.2, -0.15) is 0 Å². The third kappa shape index (κ3) is 3.86. The highest BCUT2D eigenvalue weighted by Gasteiger charge is 2.17. The second kappa shape index (κ2) is 6.57. The second-order valence-corrected chi connectivity index (χ2v) is 4.39. The van der Waals surface area contributed by atoms with Gasteiger partial charge >= 0.3 is 0 Å². The van der Waals surface area contributed by atoms with Crippen molar-refractivity contribution in [2.45, 2.75) is 38.8 Å². The highest BCUT2D eigenvalue weighted by Crippen LogP contribution is 2.18. The van der Waals surface area contributed by atoms with Gasteiger partial charge in [0.25, 0.3) is 0 Å². The summed E-state index contributed by atoms with van der Waals surface area (Å²) in [6.45, 7) is 6.39. The molecule has 1 aliphatic rings. The van der Waals surface area contributed by atoms with Crippen molar-refractivity contribution in [3.63, 3.8) is 0 Å². The summed E-state index contributed by atoms with van der Waals surface area (Å²) in [5, 5.41) is 0. The molecule has 0 bridgehead atoms. The van der Waals surface area contributed by atoms with Crippen LogP contribution in [0, 0.1) is 0 Å². The second-order valence-electron chi connectivity index (χ2n) is 4.39. The standard InChI is InChI=1S/C15H20O3/c1-3-13-7-9-14(10-8-13)17-12(2)18-15-6-4-5-11-16-15/h3,7-10,12,15H,1,4-6,11H2,2H3. The summed E-state index contributed by atoms with van der Waals surface area (Å²) in [6.07, 6.45) is 4.61. The predicted molar refractivity (Wildman–Crippen MR) is 71.3 cm³/mol. The van der Waals surface area contributed by atoms with E-state index in [1.807, 2.05) is 31.2 Å². The smallest absolute Gasteiger partial charge is 0.199 e. The maximum absolute atomic E-state index is 5.69. The fraction of sp³-hybridized carbons (Fsp3) is 0.467. The van der Waals surface area contributed by atoms with Gasteiger partial charge in [-0.05, 0) is 43.9 Å².